The number of nitrogens with two attached hydrogens (primary N) is 1. The summed E-state index contributed by atoms with van der Waals surface area (Å²) in [6.45, 7) is 3.22. The molecule has 0 saturated carbocycles. The van der Waals surface area contributed by atoms with Crippen molar-refractivity contribution in [2.45, 2.75) is 26.7 Å². The van der Waals surface area contributed by atoms with Crippen LogP contribution in [0.25, 0.3) is 0 Å². The van der Waals surface area contributed by atoms with Gasteiger partial charge in [0, 0.05) is 5.70 Å². The van der Waals surface area contributed by atoms with Gasteiger partial charge in [-0.05, 0) is 24.6 Å². The molecule has 0 aliphatic rings. The molecule has 94 valence electrons. The maximum absolute atomic E-state index is 11.3. The highest BCUT2D eigenvalue weighted by Crippen LogP contribution is 2.36. The van der Waals surface area contributed by atoms with Gasteiger partial charge in [-0.1, -0.05) is 13.8 Å². The molecule has 0 aliphatic carbocycles. The lowest BCUT2D eigenvalue weighted by Crippen LogP contribution is -2.37. The van der Waals surface area contributed by atoms with Crippen LogP contribution >= 0.6 is 11.8 Å². The summed E-state index contributed by atoms with van der Waals surface area (Å²) in [6.07, 6.45) is 0.320. The molecule has 6 nitrogen and oxygen atoms in total. The van der Waals surface area contributed by atoms with Gasteiger partial charge in [0.1, 0.15) is 15.7 Å². The van der Waals surface area contributed by atoms with Crippen molar-refractivity contribution in [1.29, 1.82) is 5.26 Å². The SMILES string of the molecule is CCC(CC)(C(=O)O)/C(N)=C(\SC#N)C(=O)O. The zero-order chi connectivity index (χ0) is 13.6. The van der Waals surface area contributed by atoms with Gasteiger partial charge in [0.15, 0.2) is 0 Å². The fraction of sp³-hybridized carbons (Fsp3) is 0.500. The van der Waals surface area contributed by atoms with Crippen molar-refractivity contribution in [3.63, 3.8) is 0 Å². The quantitative estimate of drug-likeness (QED) is 0.485. The first-order valence-corrected chi connectivity index (χ1v) is 5.71. The van der Waals surface area contributed by atoms with Crippen molar-refractivity contribution in [3.8, 4) is 5.40 Å². The second-order valence-electron chi connectivity index (χ2n) is 3.34. The van der Waals surface area contributed by atoms with E-state index >= 15 is 0 Å². The smallest absolute Gasteiger partial charge is 0.345 e. The molecule has 0 bridgehead atoms. The van der Waals surface area contributed by atoms with Crippen LogP contribution in [0.2, 0.25) is 0 Å². The average Bonchev–Trinajstić information content (AvgIpc) is 2.27. The monoisotopic (exact) mass is 258 g/mol. The molecule has 7 heteroatoms. The highest BCUT2D eigenvalue weighted by atomic mass is 32.2. The number of carboxylic acids is 2. The molecule has 0 heterocycles. The van der Waals surface area contributed by atoms with E-state index in [1.807, 2.05) is 0 Å². The summed E-state index contributed by atoms with van der Waals surface area (Å²) in [4.78, 5) is 21.8. The van der Waals surface area contributed by atoms with Crippen LogP contribution in [0.3, 0.4) is 0 Å². The molecule has 0 aromatic heterocycles. The van der Waals surface area contributed by atoms with E-state index in [-0.39, 0.29) is 18.5 Å². The molecule has 0 fully saturated rings. The third-order valence-electron chi connectivity index (χ3n) is 2.72. The Kier molecular flexibility index (Phi) is 5.55. The zero-order valence-electron chi connectivity index (χ0n) is 9.56. The first kappa shape index (κ1) is 15.3. The average molecular weight is 258 g/mol. The highest BCUT2D eigenvalue weighted by Gasteiger charge is 2.40. The number of rotatable bonds is 6. The van der Waals surface area contributed by atoms with E-state index in [9.17, 15) is 14.7 Å². The Morgan fingerprint density at radius 3 is 2.06 bits per heavy atom. The number of carboxylic acid groups (broad SMARTS) is 2. The van der Waals surface area contributed by atoms with Gasteiger partial charge in [-0.3, -0.25) is 4.79 Å². The molecular formula is C10H14N2O4S. The van der Waals surface area contributed by atoms with Gasteiger partial charge in [0.05, 0.1) is 0 Å². The first-order chi connectivity index (χ1) is 7.87. The van der Waals surface area contributed by atoms with Crippen molar-refractivity contribution >= 4 is 23.7 Å². The lowest BCUT2D eigenvalue weighted by molar-refractivity contribution is -0.147. The minimum atomic E-state index is -1.43. The number of nitriles is 1. The van der Waals surface area contributed by atoms with E-state index in [0.29, 0.717) is 11.8 Å². The fourth-order valence-electron chi connectivity index (χ4n) is 1.53. The molecule has 0 amide bonds. The first-order valence-electron chi connectivity index (χ1n) is 4.90. The van der Waals surface area contributed by atoms with Crippen molar-refractivity contribution in [1.82, 2.24) is 0 Å². The molecule has 0 atom stereocenters. The number of hydrogen-bond donors (Lipinski definition) is 3. The van der Waals surface area contributed by atoms with Crippen LogP contribution in [0.4, 0.5) is 0 Å². The number of aliphatic carboxylic acids is 2. The minimum absolute atomic E-state index is 0.160. The van der Waals surface area contributed by atoms with E-state index in [2.05, 4.69) is 0 Å². The topological polar surface area (TPSA) is 124 Å². The van der Waals surface area contributed by atoms with E-state index in [1.54, 1.807) is 19.2 Å². The zero-order valence-corrected chi connectivity index (χ0v) is 10.4. The van der Waals surface area contributed by atoms with Crippen LogP contribution in [0.1, 0.15) is 26.7 Å². The van der Waals surface area contributed by atoms with Gasteiger partial charge in [-0.15, -0.1) is 0 Å². The van der Waals surface area contributed by atoms with E-state index in [4.69, 9.17) is 16.1 Å². The maximum atomic E-state index is 11.3. The van der Waals surface area contributed by atoms with Gasteiger partial charge in [-0.2, -0.15) is 5.26 Å². The molecule has 0 rings (SSSR count). The minimum Gasteiger partial charge on any atom is -0.481 e. The van der Waals surface area contributed by atoms with Gasteiger partial charge in [0.25, 0.3) is 0 Å². The van der Waals surface area contributed by atoms with Crippen LogP contribution in [0, 0.1) is 16.1 Å². The summed E-state index contributed by atoms with van der Waals surface area (Å²) in [5, 5.41) is 28.2. The summed E-state index contributed by atoms with van der Waals surface area (Å²) >= 11 is 0.365. The lowest BCUT2D eigenvalue weighted by Gasteiger charge is -2.28. The largest absolute Gasteiger partial charge is 0.481 e. The predicted molar refractivity (Wildman–Crippen MR) is 62.7 cm³/mol. The Bertz CT molecular complexity index is 394. The van der Waals surface area contributed by atoms with E-state index in [0.717, 1.165) is 0 Å². The van der Waals surface area contributed by atoms with Crippen LogP contribution < -0.4 is 5.73 Å². The third-order valence-corrected chi connectivity index (χ3v) is 3.41. The maximum Gasteiger partial charge on any atom is 0.345 e. The summed E-state index contributed by atoms with van der Waals surface area (Å²) in [5.74, 6) is -2.57. The number of nitrogens with zero attached hydrogens (tertiary/aromatic N) is 1. The Hall–Kier alpha value is -1.68. The molecule has 0 spiro atoms. The number of thiocyanates is 1. The van der Waals surface area contributed by atoms with Crippen LogP contribution in [0.5, 0.6) is 0 Å². The predicted octanol–water partition coefficient (Wildman–Crippen LogP) is 1.35. The Morgan fingerprint density at radius 1 is 1.35 bits per heavy atom. The molecular weight excluding hydrogens is 244 g/mol. The van der Waals surface area contributed by atoms with Crippen LogP contribution in [-0.4, -0.2) is 22.2 Å². The Labute approximate surface area is 103 Å². The molecule has 0 aromatic carbocycles. The van der Waals surface area contributed by atoms with Gasteiger partial charge >= 0.3 is 11.9 Å². The molecule has 0 saturated heterocycles. The summed E-state index contributed by atoms with van der Waals surface area (Å²) in [6, 6.07) is 0. The van der Waals surface area contributed by atoms with Crippen molar-refractivity contribution in [2.24, 2.45) is 11.1 Å². The normalized spacial score (nSPS) is 12.5. The third kappa shape index (κ3) is 2.91. The second kappa shape index (κ2) is 6.15. The Morgan fingerprint density at radius 2 is 1.82 bits per heavy atom. The van der Waals surface area contributed by atoms with Crippen molar-refractivity contribution in [3.05, 3.63) is 10.6 Å². The molecule has 0 unspecified atom stereocenters. The number of thioether (sulfide) groups is 1. The molecule has 0 aromatic rings. The van der Waals surface area contributed by atoms with E-state index in [1.165, 1.54) is 0 Å². The highest BCUT2D eigenvalue weighted by molar-refractivity contribution is 8.08. The van der Waals surface area contributed by atoms with E-state index < -0.39 is 22.3 Å². The second-order valence-corrected chi connectivity index (χ2v) is 4.13. The number of hydrogen-bond acceptors (Lipinski definition) is 5. The summed E-state index contributed by atoms with van der Waals surface area (Å²) in [7, 11) is 0. The number of carbonyl (C=O) groups is 2. The molecule has 0 aliphatic heterocycles. The molecule has 17 heavy (non-hydrogen) atoms. The lowest BCUT2D eigenvalue weighted by atomic mass is 9.79. The van der Waals surface area contributed by atoms with Crippen LogP contribution in [-0.2, 0) is 9.59 Å². The fourth-order valence-corrected chi connectivity index (χ4v) is 2.01. The van der Waals surface area contributed by atoms with Gasteiger partial charge in [-0.25, -0.2) is 4.79 Å². The van der Waals surface area contributed by atoms with Crippen molar-refractivity contribution < 1.29 is 19.8 Å². The van der Waals surface area contributed by atoms with Crippen molar-refractivity contribution in [2.75, 3.05) is 0 Å². The van der Waals surface area contributed by atoms with Gasteiger partial charge in [0.2, 0.25) is 0 Å². The molecule has 0 radical (unpaired) electrons. The Balaban J connectivity index is 5.83. The van der Waals surface area contributed by atoms with Crippen LogP contribution in [0.15, 0.2) is 10.6 Å². The standard InChI is InChI=1S/C10H14N2O4S/c1-3-10(4-2,9(15)16)7(12)6(8(13)14)17-5-11/h3-4,12H2,1-2H3,(H,13,14)(H,15,16)/b7-6+. The summed E-state index contributed by atoms with van der Waals surface area (Å²) < 4.78 is 0. The molecule has 4 N–H and O–H groups in total. The summed E-state index contributed by atoms with van der Waals surface area (Å²) in [5.41, 5.74) is 3.95. The van der Waals surface area contributed by atoms with Gasteiger partial charge < -0.3 is 15.9 Å².